The van der Waals surface area contributed by atoms with Crippen molar-refractivity contribution in [3.8, 4) is 0 Å². The summed E-state index contributed by atoms with van der Waals surface area (Å²) in [6.07, 6.45) is 4.24. The SMILES string of the molecule is Cn1c(=O)cc(N2CCCC(C(=O)NCCc3c[nH]c4ccc(Cl)cc34)C2)[nH]c1=O. The van der Waals surface area contributed by atoms with Gasteiger partial charge in [0.2, 0.25) is 5.91 Å². The molecule has 1 aromatic carbocycles. The Hall–Kier alpha value is -3.00. The maximum atomic E-state index is 12.7. The molecule has 0 radical (unpaired) electrons. The lowest BCUT2D eigenvalue weighted by molar-refractivity contribution is -0.125. The molecule has 1 aliphatic rings. The molecule has 1 amide bonds. The Morgan fingerprint density at radius 2 is 2.13 bits per heavy atom. The Balaban J connectivity index is 1.37. The molecule has 3 heterocycles. The largest absolute Gasteiger partial charge is 0.361 e. The fourth-order valence-corrected chi connectivity index (χ4v) is 4.12. The zero-order valence-electron chi connectivity index (χ0n) is 16.7. The second-order valence-electron chi connectivity index (χ2n) is 7.69. The summed E-state index contributed by atoms with van der Waals surface area (Å²) >= 11 is 6.09. The van der Waals surface area contributed by atoms with E-state index >= 15 is 0 Å². The number of nitrogens with one attached hydrogen (secondary N) is 3. The van der Waals surface area contributed by atoms with Crippen molar-refractivity contribution in [2.45, 2.75) is 19.3 Å². The van der Waals surface area contributed by atoms with Crippen molar-refractivity contribution in [3.05, 3.63) is 61.9 Å². The third kappa shape index (κ3) is 4.14. The molecule has 1 unspecified atom stereocenters. The smallest absolute Gasteiger partial charge is 0.329 e. The lowest BCUT2D eigenvalue weighted by Gasteiger charge is -2.33. The summed E-state index contributed by atoms with van der Waals surface area (Å²) in [6.45, 7) is 1.69. The number of fused-ring (bicyclic) bond motifs is 1. The van der Waals surface area contributed by atoms with Crippen LogP contribution in [-0.2, 0) is 18.3 Å². The first-order chi connectivity index (χ1) is 14.4. The van der Waals surface area contributed by atoms with Crippen LogP contribution in [0.25, 0.3) is 10.9 Å². The average Bonchev–Trinajstić information content (AvgIpc) is 3.13. The summed E-state index contributed by atoms with van der Waals surface area (Å²) in [4.78, 5) is 44.3. The van der Waals surface area contributed by atoms with E-state index in [0.29, 0.717) is 36.9 Å². The topological polar surface area (TPSA) is 103 Å². The van der Waals surface area contributed by atoms with E-state index in [1.54, 1.807) is 0 Å². The van der Waals surface area contributed by atoms with Crippen LogP contribution in [0.3, 0.4) is 0 Å². The highest BCUT2D eigenvalue weighted by Crippen LogP contribution is 2.23. The Bertz CT molecular complexity index is 1160. The zero-order chi connectivity index (χ0) is 21.3. The van der Waals surface area contributed by atoms with Crippen LogP contribution >= 0.6 is 11.6 Å². The van der Waals surface area contributed by atoms with Crippen LogP contribution in [0, 0.1) is 5.92 Å². The van der Waals surface area contributed by atoms with Gasteiger partial charge in [-0.3, -0.25) is 19.1 Å². The zero-order valence-corrected chi connectivity index (χ0v) is 17.5. The average molecular weight is 430 g/mol. The summed E-state index contributed by atoms with van der Waals surface area (Å²) in [6, 6.07) is 7.12. The van der Waals surface area contributed by atoms with Crippen LogP contribution in [0.5, 0.6) is 0 Å². The maximum Gasteiger partial charge on any atom is 0.329 e. The minimum Gasteiger partial charge on any atom is -0.361 e. The van der Waals surface area contributed by atoms with Crippen molar-refractivity contribution in [3.63, 3.8) is 0 Å². The molecule has 8 nitrogen and oxygen atoms in total. The quantitative estimate of drug-likeness (QED) is 0.575. The number of hydrogen-bond donors (Lipinski definition) is 3. The number of carbonyl (C=O) groups is 1. The van der Waals surface area contributed by atoms with Crippen LogP contribution in [0.1, 0.15) is 18.4 Å². The van der Waals surface area contributed by atoms with Crippen LogP contribution in [0.4, 0.5) is 5.82 Å². The predicted molar refractivity (Wildman–Crippen MR) is 117 cm³/mol. The van der Waals surface area contributed by atoms with Crippen molar-refractivity contribution in [2.24, 2.45) is 13.0 Å². The van der Waals surface area contributed by atoms with Crippen molar-refractivity contribution >= 4 is 34.2 Å². The first-order valence-corrected chi connectivity index (χ1v) is 10.4. The number of amides is 1. The summed E-state index contributed by atoms with van der Waals surface area (Å²) in [5.74, 6) is 0.267. The molecule has 1 fully saturated rings. The van der Waals surface area contributed by atoms with Gasteiger partial charge in [-0.25, -0.2) is 4.79 Å². The highest BCUT2D eigenvalue weighted by atomic mass is 35.5. The third-order valence-electron chi connectivity index (χ3n) is 5.69. The molecule has 1 aliphatic heterocycles. The second-order valence-corrected chi connectivity index (χ2v) is 8.12. The summed E-state index contributed by atoms with van der Waals surface area (Å²) in [7, 11) is 1.43. The highest BCUT2D eigenvalue weighted by molar-refractivity contribution is 6.31. The van der Waals surface area contributed by atoms with Gasteiger partial charge in [-0.2, -0.15) is 0 Å². The molecule has 0 bridgehead atoms. The summed E-state index contributed by atoms with van der Waals surface area (Å²) in [5, 5.41) is 4.77. The van der Waals surface area contributed by atoms with Crippen LogP contribution in [0.2, 0.25) is 5.02 Å². The van der Waals surface area contributed by atoms with E-state index in [-0.39, 0.29) is 17.4 Å². The Kier molecular flexibility index (Phi) is 5.67. The number of H-pyrrole nitrogens is 2. The molecule has 30 heavy (non-hydrogen) atoms. The van der Waals surface area contributed by atoms with Crippen LogP contribution in [0.15, 0.2) is 40.1 Å². The van der Waals surface area contributed by atoms with Gasteiger partial charge in [0.25, 0.3) is 5.56 Å². The number of carbonyl (C=O) groups excluding carboxylic acids is 1. The molecule has 4 rings (SSSR count). The standard InChI is InChI=1S/C21H24ClN5O3/c1-26-19(28)10-18(25-21(26)30)27-8-2-3-14(12-27)20(29)23-7-6-13-11-24-17-5-4-15(22)9-16(13)17/h4-5,9-11,14,24H,2-3,6-8,12H2,1H3,(H,23,29)(H,25,30). The van der Waals surface area contributed by atoms with E-state index in [1.165, 1.54) is 13.1 Å². The van der Waals surface area contributed by atoms with Gasteiger partial charge in [0.1, 0.15) is 5.82 Å². The van der Waals surface area contributed by atoms with Gasteiger partial charge in [0.05, 0.1) is 5.92 Å². The minimum absolute atomic E-state index is 0.0104. The van der Waals surface area contributed by atoms with Gasteiger partial charge >= 0.3 is 5.69 Å². The Morgan fingerprint density at radius 1 is 1.30 bits per heavy atom. The monoisotopic (exact) mass is 429 g/mol. The Labute approximate surface area is 177 Å². The maximum absolute atomic E-state index is 12.7. The van der Waals surface area contributed by atoms with E-state index in [0.717, 1.165) is 33.9 Å². The van der Waals surface area contributed by atoms with E-state index in [4.69, 9.17) is 11.6 Å². The number of nitrogens with zero attached hydrogens (tertiary/aromatic N) is 2. The number of piperidine rings is 1. The van der Waals surface area contributed by atoms with Crippen molar-refractivity contribution in [1.29, 1.82) is 0 Å². The van der Waals surface area contributed by atoms with Gasteiger partial charge in [-0.1, -0.05) is 11.6 Å². The fraction of sp³-hybridized carbons (Fsp3) is 0.381. The number of anilines is 1. The van der Waals surface area contributed by atoms with Gasteiger partial charge in [0, 0.05) is 54.9 Å². The molecule has 3 N–H and O–H groups in total. The highest BCUT2D eigenvalue weighted by Gasteiger charge is 2.26. The summed E-state index contributed by atoms with van der Waals surface area (Å²) in [5.41, 5.74) is 1.31. The number of rotatable bonds is 5. The molecule has 3 aromatic rings. The van der Waals surface area contributed by atoms with Crippen molar-refractivity contribution in [2.75, 3.05) is 24.5 Å². The summed E-state index contributed by atoms with van der Waals surface area (Å²) < 4.78 is 1.02. The number of aromatic nitrogens is 3. The molecule has 1 atom stereocenters. The molecular weight excluding hydrogens is 406 g/mol. The lowest BCUT2D eigenvalue weighted by Crippen LogP contribution is -2.45. The van der Waals surface area contributed by atoms with Gasteiger partial charge in [-0.15, -0.1) is 0 Å². The van der Waals surface area contributed by atoms with Crippen molar-refractivity contribution < 1.29 is 4.79 Å². The molecule has 158 valence electrons. The molecule has 0 spiro atoms. The van der Waals surface area contributed by atoms with Crippen LogP contribution in [-0.4, -0.2) is 40.1 Å². The Morgan fingerprint density at radius 3 is 2.93 bits per heavy atom. The van der Waals surface area contributed by atoms with E-state index in [9.17, 15) is 14.4 Å². The first kappa shape index (κ1) is 20.3. The van der Waals surface area contributed by atoms with Gasteiger partial charge < -0.3 is 15.2 Å². The molecule has 9 heteroatoms. The van der Waals surface area contributed by atoms with E-state index in [2.05, 4.69) is 15.3 Å². The van der Waals surface area contributed by atoms with Crippen LogP contribution < -0.4 is 21.5 Å². The minimum atomic E-state index is -0.456. The van der Waals surface area contributed by atoms with Gasteiger partial charge in [-0.05, 0) is 43.0 Å². The number of halogens is 1. The first-order valence-electron chi connectivity index (χ1n) is 10.0. The third-order valence-corrected chi connectivity index (χ3v) is 5.92. The fourth-order valence-electron chi connectivity index (χ4n) is 3.95. The second kappa shape index (κ2) is 8.39. The number of benzene rings is 1. The lowest BCUT2D eigenvalue weighted by atomic mass is 9.97. The number of hydrogen-bond acceptors (Lipinski definition) is 4. The molecule has 0 aliphatic carbocycles. The molecule has 2 aromatic heterocycles. The predicted octanol–water partition coefficient (Wildman–Crippen LogP) is 1.78. The molecule has 1 saturated heterocycles. The van der Waals surface area contributed by atoms with Gasteiger partial charge in [0.15, 0.2) is 0 Å². The van der Waals surface area contributed by atoms with E-state index in [1.807, 2.05) is 29.3 Å². The van der Waals surface area contributed by atoms with Crippen molar-refractivity contribution in [1.82, 2.24) is 19.9 Å². The normalized spacial score (nSPS) is 16.7. The molecule has 0 saturated carbocycles. The van der Waals surface area contributed by atoms with E-state index < -0.39 is 5.69 Å². The number of aromatic amines is 2. The molecular formula is C21H24ClN5O3.